The van der Waals surface area contributed by atoms with Crippen molar-refractivity contribution in [2.45, 2.75) is 19.4 Å². The van der Waals surface area contributed by atoms with Gasteiger partial charge in [0, 0.05) is 6.54 Å². The second kappa shape index (κ2) is 9.93. The lowest BCUT2D eigenvalue weighted by Crippen LogP contribution is -2.16. The molecule has 0 heterocycles. The maximum atomic E-state index is 5.37. The highest BCUT2D eigenvalue weighted by Crippen LogP contribution is 1.98. The van der Waals surface area contributed by atoms with E-state index in [1.54, 1.807) is 0 Å². The Bertz CT molecular complexity index is 231. The predicted octanol–water partition coefficient (Wildman–Crippen LogP) is 1.87. The predicted molar refractivity (Wildman–Crippen MR) is 64.8 cm³/mol. The van der Waals surface area contributed by atoms with Gasteiger partial charge in [-0.25, -0.2) is 5.48 Å². The third-order valence-electron chi connectivity index (χ3n) is 1.92. The molecule has 3 nitrogen and oxygen atoms in total. The summed E-state index contributed by atoms with van der Waals surface area (Å²) in [6.45, 7) is 2.23. The second-order valence-corrected chi connectivity index (χ2v) is 3.16. The first-order valence-electron chi connectivity index (χ1n) is 5.02. The number of rotatable bonds is 7. The van der Waals surface area contributed by atoms with E-state index in [4.69, 9.17) is 10.6 Å². The fourth-order valence-electron chi connectivity index (χ4n) is 1.12. The van der Waals surface area contributed by atoms with Gasteiger partial charge in [0.25, 0.3) is 0 Å². The van der Waals surface area contributed by atoms with Crippen molar-refractivity contribution >= 4 is 12.4 Å². The van der Waals surface area contributed by atoms with Gasteiger partial charge in [-0.2, -0.15) is 0 Å². The van der Waals surface area contributed by atoms with E-state index in [0.717, 1.165) is 25.9 Å². The minimum absolute atomic E-state index is 0. The largest absolute Gasteiger partial charge is 0.330 e. The first-order valence-corrected chi connectivity index (χ1v) is 5.02. The number of hydrogen-bond acceptors (Lipinski definition) is 3. The van der Waals surface area contributed by atoms with Crippen LogP contribution in [0.4, 0.5) is 0 Å². The van der Waals surface area contributed by atoms with Gasteiger partial charge in [-0.3, -0.25) is 4.84 Å². The molecule has 0 atom stereocenters. The van der Waals surface area contributed by atoms with Crippen LogP contribution in [0.3, 0.4) is 0 Å². The Kier molecular flexibility index (Phi) is 9.52. The van der Waals surface area contributed by atoms with E-state index < -0.39 is 0 Å². The Labute approximate surface area is 97.4 Å². The molecule has 1 rings (SSSR count). The van der Waals surface area contributed by atoms with Crippen LogP contribution in [0.2, 0.25) is 0 Å². The molecule has 0 spiro atoms. The number of hydrogen-bond donors (Lipinski definition) is 2. The Morgan fingerprint density at radius 3 is 2.53 bits per heavy atom. The van der Waals surface area contributed by atoms with Crippen LogP contribution in [0.1, 0.15) is 18.4 Å². The molecule has 0 bridgehead atoms. The van der Waals surface area contributed by atoms with Crippen molar-refractivity contribution in [3.63, 3.8) is 0 Å². The van der Waals surface area contributed by atoms with Crippen LogP contribution in [-0.2, 0) is 11.4 Å². The fourth-order valence-corrected chi connectivity index (χ4v) is 1.12. The average Bonchev–Trinajstić information content (AvgIpc) is 2.25. The standard InChI is InChI=1S/C11H18N2O.ClH/c12-8-4-5-9-13-14-10-11-6-2-1-3-7-11;/h1-3,6-7,13H,4-5,8-10,12H2;1H. The number of halogens is 1. The minimum Gasteiger partial charge on any atom is -0.330 e. The molecule has 86 valence electrons. The van der Waals surface area contributed by atoms with Crippen molar-refractivity contribution in [1.82, 2.24) is 5.48 Å². The summed E-state index contributed by atoms with van der Waals surface area (Å²) in [5.74, 6) is 0. The third-order valence-corrected chi connectivity index (χ3v) is 1.92. The molecular weight excluding hydrogens is 212 g/mol. The van der Waals surface area contributed by atoms with E-state index >= 15 is 0 Å². The highest BCUT2D eigenvalue weighted by atomic mass is 35.5. The van der Waals surface area contributed by atoms with Crippen molar-refractivity contribution in [3.8, 4) is 0 Å². The molecule has 4 heteroatoms. The van der Waals surface area contributed by atoms with E-state index in [1.807, 2.05) is 30.3 Å². The van der Waals surface area contributed by atoms with E-state index in [9.17, 15) is 0 Å². The maximum absolute atomic E-state index is 5.37. The molecule has 0 saturated heterocycles. The molecule has 0 saturated carbocycles. The lowest BCUT2D eigenvalue weighted by atomic mass is 10.2. The molecule has 0 aliphatic carbocycles. The summed E-state index contributed by atoms with van der Waals surface area (Å²) in [6.07, 6.45) is 2.10. The zero-order chi connectivity index (χ0) is 10.1. The zero-order valence-corrected chi connectivity index (χ0v) is 9.63. The summed E-state index contributed by atoms with van der Waals surface area (Å²) in [5.41, 5.74) is 9.46. The van der Waals surface area contributed by atoms with Crippen molar-refractivity contribution in [2.75, 3.05) is 13.1 Å². The number of unbranched alkanes of at least 4 members (excludes halogenated alkanes) is 1. The Morgan fingerprint density at radius 2 is 1.87 bits per heavy atom. The van der Waals surface area contributed by atoms with Crippen LogP contribution < -0.4 is 11.2 Å². The monoisotopic (exact) mass is 230 g/mol. The molecule has 0 amide bonds. The van der Waals surface area contributed by atoms with Gasteiger partial charge >= 0.3 is 0 Å². The van der Waals surface area contributed by atoms with Crippen molar-refractivity contribution in [1.29, 1.82) is 0 Å². The smallest absolute Gasteiger partial charge is 0.0933 e. The van der Waals surface area contributed by atoms with Gasteiger partial charge in [0.2, 0.25) is 0 Å². The molecule has 0 aromatic heterocycles. The van der Waals surface area contributed by atoms with Crippen LogP contribution in [0.25, 0.3) is 0 Å². The zero-order valence-electron chi connectivity index (χ0n) is 8.82. The molecule has 0 unspecified atom stereocenters. The first-order chi connectivity index (χ1) is 6.93. The Hall–Kier alpha value is -0.610. The molecule has 0 radical (unpaired) electrons. The van der Waals surface area contributed by atoms with E-state index in [2.05, 4.69) is 5.48 Å². The van der Waals surface area contributed by atoms with Gasteiger partial charge < -0.3 is 5.73 Å². The SMILES string of the molecule is Cl.NCCCCNOCc1ccccc1. The fraction of sp³-hybridized carbons (Fsp3) is 0.455. The number of nitrogens with one attached hydrogen (secondary N) is 1. The van der Waals surface area contributed by atoms with Crippen LogP contribution in [0.15, 0.2) is 30.3 Å². The lowest BCUT2D eigenvalue weighted by molar-refractivity contribution is 0.0274. The van der Waals surface area contributed by atoms with Gasteiger partial charge in [-0.15, -0.1) is 12.4 Å². The van der Waals surface area contributed by atoms with Gasteiger partial charge in [0.05, 0.1) is 6.61 Å². The number of hydroxylamine groups is 1. The topological polar surface area (TPSA) is 47.3 Å². The molecule has 3 N–H and O–H groups in total. The number of nitrogens with two attached hydrogens (primary N) is 1. The molecule has 0 aliphatic heterocycles. The van der Waals surface area contributed by atoms with Gasteiger partial charge in [0.1, 0.15) is 0 Å². The van der Waals surface area contributed by atoms with Crippen molar-refractivity contribution in [2.24, 2.45) is 5.73 Å². The molecule has 15 heavy (non-hydrogen) atoms. The van der Waals surface area contributed by atoms with Crippen LogP contribution >= 0.6 is 12.4 Å². The summed E-state index contributed by atoms with van der Waals surface area (Å²) in [7, 11) is 0. The summed E-state index contributed by atoms with van der Waals surface area (Å²) < 4.78 is 0. The van der Waals surface area contributed by atoms with Gasteiger partial charge in [-0.1, -0.05) is 30.3 Å². The normalized spacial score (nSPS) is 9.67. The van der Waals surface area contributed by atoms with Crippen molar-refractivity contribution < 1.29 is 4.84 Å². The summed E-state index contributed by atoms with van der Waals surface area (Å²) in [6, 6.07) is 10.1. The molecular formula is C11H19ClN2O. The average molecular weight is 231 g/mol. The quantitative estimate of drug-likeness (QED) is 0.555. The first kappa shape index (κ1) is 14.4. The lowest BCUT2D eigenvalue weighted by Gasteiger charge is -2.04. The van der Waals surface area contributed by atoms with E-state index in [1.165, 1.54) is 5.56 Å². The van der Waals surface area contributed by atoms with Gasteiger partial charge in [0.15, 0.2) is 0 Å². The van der Waals surface area contributed by atoms with Gasteiger partial charge in [-0.05, 0) is 24.9 Å². The number of benzene rings is 1. The maximum Gasteiger partial charge on any atom is 0.0933 e. The second-order valence-electron chi connectivity index (χ2n) is 3.16. The highest BCUT2D eigenvalue weighted by molar-refractivity contribution is 5.85. The molecule has 1 aromatic carbocycles. The molecule has 0 aliphatic rings. The van der Waals surface area contributed by atoms with Crippen molar-refractivity contribution in [3.05, 3.63) is 35.9 Å². The van der Waals surface area contributed by atoms with Crippen LogP contribution in [0.5, 0.6) is 0 Å². The van der Waals surface area contributed by atoms with E-state index in [0.29, 0.717) is 6.61 Å². The summed E-state index contributed by atoms with van der Waals surface area (Å²) in [4.78, 5) is 5.28. The molecule has 0 fully saturated rings. The highest BCUT2D eigenvalue weighted by Gasteiger charge is 1.90. The van der Waals surface area contributed by atoms with Crippen LogP contribution in [-0.4, -0.2) is 13.1 Å². The Balaban J connectivity index is 0.00000196. The van der Waals surface area contributed by atoms with Crippen LogP contribution in [0, 0.1) is 0 Å². The minimum atomic E-state index is 0. The third kappa shape index (κ3) is 7.33. The summed E-state index contributed by atoms with van der Waals surface area (Å²) >= 11 is 0. The molecule has 1 aromatic rings. The summed E-state index contributed by atoms with van der Waals surface area (Å²) in [5, 5.41) is 0. The van der Waals surface area contributed by atoms with E-state index in [-0.39, 0.29) is 12.4 Å². The Morgan fingerprint density at radius 1 is 1.13 bits per heavy atom.